The van der Waals surface area contributed by atoms with Crippen LogP contribution in [0.3, 0.4) is 0 Å². The first-order valence-corrected chi connectivity index (χ1v) is 8.80. The van der Waals surface area contributed by atoms with Crippen LogP contribution in [0.5, 0.6) is 0 Å². The zero-order valence-corrected chi connectivity index (χ0v) is 14.7. The molecule has 132 valence electrons. The van der Waals surface area contributed by atoms with E-state index in [1.807, 2.05) is 59.3 Å². The van der Waals surface area contributed by atoms with Gasteiger partial charge in [-0.15, -0.1) is 0 Å². The Morgan fingerprint density at radius 2 is 1.07 bits per heavy atom. The van der Waals surface area contributed by atoms with Crippen LogP contribution in [0, 0.1) is 0 Å². The minimum Gasteiger partial charge on any atom is -0.423 e. The van der Waals surface area contributed by atoms with Crippen LogP contribution in [-0.4, -0.2) is 26.9 Å². The molecule has 0 atom stereocenters. The van der Waals surface area contributed by atoms with Crippen molar-refractivity contribution < 1.29 is 10.0 Å². The second kappa shape index (κ2) is 7.23. The largest absolute Gasteiger partial charge is 0.491 e. The summed E-state index contributed by atoms with van der Waals surface area (Å²) in [4.78, 5) is 0. The van der Waals surface area contributed by atoms with Crippen LogP contribution >= 0.6 is 0 Å². The van der Waals surface area contributed by atoms with Crippen LogP contribution in [0.2, 0.25) is 0 Å². The molecule has 0 aliphatic rings. The second-order valence-corrected chi connectivity index (χ2v) is 6.40. The summed E-state index contributed by atoms with van der Waals surface area (Å²) in [6.45, 7) is 0. The molecule has 0 saturated heterocycles. The fourth-order valence-corrected chi connectivity index (χ4v) is 3.59. The van der Waals surface area contributed by atoms with Crippen molar-refractivity contribution in [3.8, 4) is 0 Å². The average molecular weight is 354 g/mol. The summed E-state index contributed by atoms with van der Waals surface area (Å²) in [5, 5.41) is 23.8. The van der Waals surface area contributed by atoms with Crippen molar-refractivity contribution in [3.05, 3.63) is 120 Å². The van der Waals surface area contributed by atoms with Gasteiger partial charge in [0.2, 0.25) is 0 Å². The molecule has 0 aliphatic heterocycles. The summed E-state index contributed by atoms with van der Waals surface area (Å²) < 4.78 is 1.81. The third-order valence-corrected chi connectivity index (χ3v) is 4.82. The molecule has 4 aromatic rings. The first-order chi connectivity index (χ1) is 13.2. The predicted molar refractivity (Wildman–Crippen MR) is 107 cm³/mol. The van der Waals surface area contributed by atoms with Crippen molar-refractivity contribution in [2.75, 3.05) is 0 Å². The lowest BCUT2D eigenvalue weighted by atomic mass is 9.76. The Balaban J connectivity index is 2.09. The Morgan fingerprint density at radius 3 is 1.41 bits per heavy atom. The van der Waals surface area contributed by atoms with Crippen molar-refractivity contribution in [1.29, 1.82) is 0 Å². The van der Waals surface area contributed by atoms with Crippen molar-refractivity contribution in [2.45, 2.75) is 5.54 Å². The van der Waals surface area contributed by atoms with E-state index in [0.717, 1.165) is 16.7 Å². The molecule has 1 aromatic heterocycles. The minimum atomic E-state index is -1.57. The average Bonchev–Trinajstić information content (AvgIpc) is 3.22. The highest BCUT2D eigenvalue weighted by atomic mass is 16.4. The van der Waals surface area contributed by atoms with E-state index in [-0.39, 0.29) is 0 Å². The zero-order valence-electron chi connectivity index (χ0n) is 14.7. The molecule has 0 amide bonds. The van der Waals surface area contributed by atoms with Crippen molar-refractivity contribution >= 4 is 12.6 Å². The van der Waals surface area contributed by atoms with Crippen LogP contribution in [-0.2, 0) is 5.54 Å². The normalized spacial score (nSPS) is 11.3. The highest BCUT2D eigenvalue weighted by Gasteiger charge is 2.39. The number of hydrogen-bond acceptors (Lipinski definition) is 3. The molecule has 3 aromatic carbocycles. The van der Waals surface area contributed by atoms with Gasteiger partial charge in [-0.3, -0.25) is 4.68 Å². The van der Waals surface area contributed by atoms with Crippen LogP contribution in [0.15, 0.2) is 103 Å². The van der Waals surface area contributed by atoms with E-state index in [2.05, 4.69) is 41.5 Å². The number of aromatic nitrogens is 2. The molecule has 27 heavy (non-hydrogen) atoms. The van der Waals surface area contributed by atoms with Gasteiger partial charge in [0.05, 0.1) is 0 Å². The fraction of sp³-hybridized carbons (Fsp3) is 0.0455. The van der Waals surface area contributed by atoms with Gasteiger partial charge in [-0.05, 0) is 16.7 Å². The standard InChI is InChI=1S/C22H19BN2O2/c26-23(27)21-16-24-25(17-21)22(18-10-4-1-5-11-18,19-12-6-2-7-13-19)20-14-8-3-9-15-20/h1-17,26-27H. The van der Waals surface area contributed by atoms with E-state index < -0.39 is 12.7 Å². The molecular weight excluding hydrogens is 335 g/mol. The Bertz CT molecular complexity index is 906. The highest BCUT2D eigenvalue weighted by Crippen LogP contribution is 2.39. The van der Waals surface area contributed by atoms with Gasteiger partial charge in [0.15, 0.2) is 0 Å². The highest BCUT2D eigenvalue weighted by molar-refractivity contribution is 6.58. The van der Waals surface area contributed by atoms with E-state index in [0.29, 0.717) is 5.46 Å². The lowest BCUT2D eigenvalue weighted by molar-refractivity contribution is 0.425. The van der Waals surface area contributed by atoms with E-state index in [1.54, 1.807) is 6.20 Å². The smallest absolute Gasteiger partial charge is 0.423 e. The van der Waals surface area contributed by atoms with Gasteiger partial charge in [-0.2, -0.15) is 5.10 Å². The van der Waals surface area contributed by atoms with Crippen molar-refractivity contribution in [1.82, 2.24) is 9.78 Å². The van der Waals surface area contributed by atoms with Gasteiger partial charge in [0.25, 0.3) is 0 Å². The van der Waals surface area contributed by atoms with E-state index in [1.165, 1.54) is 6.20 Å². The van der Waals surface area contributed by atoms with E-state index in [4.69, 9.17) is 0 Å². The molecule has 0 spiro atoms. The topological polar surface area (TPSA) is 58.3 Å². The zero-order chi connectivity index (χ0) is 18.7. The van der Waals surface area contributed by atoms with Gasteiger partial charge >= 0.3 is 7.12 Å². The summed E-state index contributed by atoms with van der Waals surface area (Å²) in [6, 6.07) is 30.4. The van der Waals surface area contributed by atoms with Crippen molar-refractivity contribution in [3.63, 3.8) is 0 Å². The molecule has 0 radical (unpaired) electrons. The summed E-state index contributed by atoms with van der Waals surface area (Å²) in [7, 11) is -1.57. The van der Waals surface area contributed by atoms with Crippen LogP contribution in [0.1, 0.15) is 16.7 Å². The predicted octanol–water partition coefficient (Wildman–Crippen LogP) is 2.40. The number of hydrogen-bond donors (Lipinski definition) is 2. The first kappa shape index (κ1) is 17.3. The third-order valence-electron chi connectivity index (χ3n) is 4.82. The van der Waals surface area contributed by atoms with Gasteiger partial charge < -0.3 is 10.0 Å². The van der Waals surface area contributed by atoms with Gasteiger partial charge in [0, 0.05) is 17.9 Å². The van der Waals surface area contributed by atoms with Gasteiger partial charge in [-0.1, -0.05) is 91.0 Å². The van der Waals surface area contributed by atoms with Crippen LogP contribution in [0.25, 0.3) is 0 Å². The van der Waals surface area contributed by atoms with Crippen LogP contribution in [0.4, 0.5) is 0 Å². The van der Waals surface area contributed by atoms with E-state index >= 15 is 0 Å². The molecule has 0 fully saturated rings. The maximum absolute atomic E-state index is 9.62. The Labute approximate surface area is 158 Å². The third kappa shape index (κ3) is 2.97. The van der Waals surface area contributed by atoms with Crippen LogP contribution < -0.4 is 5.46 Å². The molecule has 1 heterocycles. The number of rotatable bonds is 5. The Hall–Kier alpha value is -3.15. The van der Waals surface area contributed by atoms with E-state index in [9.17, 15) is 10.0 Å². The molecule has 4 nitrogen and oxygen atoms in total. The molecule has 4 rings (SSSR count). The molecular formula is C22H19BN2O2. The Morgan fingerprint density at radius 1 is 0.667 bits per heavy atom. The number of nitrogens with zero attached hydrogens (tertiary/aromatic N) is 2. The molecule has 2 N–H and O–H groups in total. The monoisotopic (exact) mass is 354 g/mol. The molecule has 0 saturated carbocycles. The molecule has 5 heteroatoms. The quantitative estimate of drug-likeness (QED) is 0.428. The minimum absolute atomic E-state index is 0.349. The fourth-order valence-electron chi connectivity index (χ4n) is 3.59. The first-order valence-electron chi connectivity index (χ1n) is 8.80. The van der Waals surface area contributed by atoms with Crippen molar-refractivity contribution in [2.24, 2.45) is 0 Å². The molecule has 0 aliphatic carbocycles. The SMILES string of the molecule is OB(O)c1cnn(C(c2ccccc2)(c2ccccc2)c2ccccc2)c1. The van der Waals surface area contributed by atoms with Gasteiger partial charge in [0.1, 0.15) is 5.54 Å². The second-order valence-electron chi connectivity index (χ2n) is 6.40. The molecule has 0 unspecified atom stereocenters. The Kier molecular flexibility index (Phi) is 4.63. The maximum atomic E-state index is 9.62. The molecule has 0 bridgehead atoms. The summed E-state index contributed by atoms with van der Waals surface area (Å²) in [5.41, 5.74) is 2.71. The summed E-state index contributed by atoms with van der Waals surface area (Å²) in [6.07, 6.45) is 3.19. The van der Waals surface area contributed by atoms with Gasteiger partial charge in [-0.25, -0.2) is 0 Å². The lowest BCUT2D eigenvalue weighted by Crippen LogP contribution is -2.39. The number of benzene rings is 3. The lowest BCUT2D eigenvalue weighted by Gasteiger charge is -2.36. The summed E-state index contributed by atoms with van der Waals surface area (Å²) >= 11 is 0. The summed E-state index contributed by atoms with van der Waals surface area (Å²) in [5.74, 6) is 0. The maximum Gasteiger partial charge on any atom is 0.491 e.